The summed E-state index contributed by atoms with van der Waals surface area (Å²) < 4.78 is 16.3. The predicted molar refractivity (Wildman–Crippen MR) is 119 cm³/mol. The monoisotopic (exact) mass is 435 g/mol. The summed E-state index contributed by atoms with van der Waals surface area (Å²) in [5.74, 6) is -1.11. The zero-order chi connectivity index (χ0) is 24.0. The van der Waals surface area contributed by atoms with E-state index in [0.29, 0.717) is 6.54 Å². The minimum Gasteiger partial charge on any atom is -0.458 e. The molecule has 0 aromatic heterocycles. The van der Waals surface area contributed by atoms with Crippen molar-refractivity contribution in [1.29, 1.82) is 0 Å². The lowest BCUT2D eigenvalue weighted by atomic mass is 9.97. The maximum absolute atomic E-state index is 12.5. The zero-order valence-corrected chi connectivity index (χ0v) is 20.3. The Balaban J connectivity index is 2.83. The van der Waals surface area contributed by atoms with Crippen molar-refractivity contribution in [2.75, 3.05) is 13.2 Å². The molecule has 174 valence electrons. The molecule has 31 heavy (non-hydrogen) atoms. The molecule has 0 bridgehead atoms. The van der Waals surface area contributed by atoms with Crippen LogP contribution in [-0.4, -0.2) is 42.7 Å². The summed E-state index contributed by atoms with van der Waals surface area (Å²) in [4.78, 5) is 36.9. The molecular formula is C24H37NO6. The molecule has 1 rings (SSSR count). The molecule has 1 atom stereocenters. The van der Waals surface area contributed by atoms with Crippen LogP contribution in [0.1, 0.15) is 72.7 Å². The van der Waals surface area contributed by atoms with E-state index >= 15 is 0 Å². The van der Waals surface area contributed by atoms with Crippen LogP contribution >= 0.6 is 0 Å². The highest BCUT2D eigenvalue weighted by Gasteiger charge is 2.28. The van der Waals surface area contributed by atoms with Gasteiger partial charge in [0.2, 0.25) is 0 Å². The molecule has 0 aliphatic rings. The lowest BCUT2D eigenvalue weighted by Gasteiger charge is -2.27. The van der Waals surface area contributed by atoms with Crippen LogP contribution in [0.5, 0.6) is 5.75 Å². The molecule has 0 heterocycles. The summed E-state index contributed by atoms with van der Waals surface area (Å²) in [6, 6.07) is 6.23. The van der Waals surface area contributed by atoms with E-state index < -0.39 is 28.9 Å². The van der Waals surface area contributed by atoms with Crippen LogP contribution in [0, 0.1) is 10.8 Å². The van der Waals surface area contributed by atoms with Crippen molar-refractivity contribution in [2.24, 2.45) is 10.8 Å². The van der Waals surface area contributed by atoms with Crippen LogP contribution in [-0.2, 0) is 19.1 Å². The van der Waals surface area contributed by atoms with Crippen LogP contribution in [0.4, 0.5) is 0 Å². The summed E-state index contributed by atoms with van der Waals surface area (Å²) in [6.07, 6.45) is -0.642. The Morgan fingerprint density at radius 3 is 2.00 bits per heavy atom. The summed E-state index contributed by atoms with van der Waals surface area (Å²) in [6.45, 7) is 16.7. The largest absolute Gasteiger partial charge is 0.458 e. The number of ether oxygens (including phenoxy) is 3. The van der Waals surface area contributed by atoms with E-state index in [1.165, 1.54) is 6.07 Å². The van der Waals surface area contributed by atoms with E-state index in [1.807, 2.05) is 20.8 Å². The van der Waals surface area contributed by atoms with Gasteiger partial charge < -0.3 is 19.5 Å². The normalized spacial score (nSPS) is 13.3. The molecular weight excluding hydrogens is 398 g/mol. The molecule has 7 heteroatoms. The van der Waals surface area contributed by atoms with Crippen molar-refractivity contribution in [2.45, 2.75) is 74.0 Å². The maximum Gasteiger partial charge on any atom is 0.338 e. The molecule has 0 spiro atoms. The third-order valence-electron chi connectivity index (χ3n) is 4.04. The maximum atomic E-state index is 12.5. The van der Waals surface area contributed by atoms with Crippen molar-refractivity contribution in [3.63, 3.8) is 0 Å². The number of esters is 3. The molecule has 0 aliphatic carbocycles. The molecule has 1 unspecified atom stereocenters. The van der Waals surface area contributed by atoms with E-state index in [-0.39, 0.29) is 29.4 Å². The van der Waals surface area contributed by atoms with Gasteiger partial charge in [-0.25, -0.2) is 4.79 Å². The summed E-state index contributed by atoms with van der Waals surface area (Å²) in [5, 5.41) is 3.26. The van der Waals surface area contributed by atoms with Crippen molar-refractivity contribution in [1.82, 2.24) is 5.32 Å². The van der Waals surface area contributed by atoms with Gasteiger partial charge >= 0.3 is 17.9 Å². The Morgan fingerprint density at radius 2 is 1.48 bits per heavy atom. The topological polar surface area (TPSA) is 90.9 Å². The van der Waals surface area contributed by atoms with Gasteiger partial charge in [-0.15, -0.1) is 0 Å². The second-order valence-corrected chi connectivity index (χ2v) is 10.7. The van der Waals surface area contributed by atoms with Gasteiger partial charge in [-0.2, -0.15) is 0 Å². The van der Waals surface area contributed by atoms with E-state index in [2.05, 4.69) is 5.32 Å². The van der Waals surface area contributed by atoms with Crippen LogP contribution in [0.2, 0.25) is 0 Å². The van der Waals surface area contributed by atoms with Crippen molar-refractivity contribution >= 4 is 17.9 Å². The highest BCUT2D eigenvalue weighted by atomic mass is 16.6. The fourth-order valence-electron chi connectivity index (χ4n) is 2.08. The van der Waals surface area contributed by atoms with Gasteiger partial charge in [-0.3, -0.25) is 9.59 Å². The van der Waals surface area contributed by atoms with Crippen LogP contribution in [0.15, 0.2) is 24.3 Å². The number of hydrogen-bond donors (Lipinski definition) is 1. The first kappa shape index (κ1) is 26.6. The number of benzene rings is 1. The Morgan fingerprint density at radius 1 is 0.903 bits per heavy atom. The summed E-state index contributed by atoms with van der Waals surface area (Å²) in [7, 11) is 0. The van der Waals surface area contributed by atoms with Gasteiger partial charge in [0.15, 0.2) is 0 Å². The Bertz CT molecular complexity index is 780. The van der Waals surface area contributed by atoms with E-state index in [1.54, 1.807) is 59.7 Å². The number of nitrogens with one attached hydrogen (secondary N) is 1. The van der Waals surface area contributed by atoms with Gasteiger partial charge in [0.1, 0.15) is 18.5 Å². The molecule has 0 amide bonds. The molecule has 0 fully saturated rings. The van der Waals surface area contributed by atoms with Crippen LogP contribution < -0.4 is 10.1 Å². The summed E-state index contributed by atoms with van der Waals surface area (Å²) in [5.41, 5.74) is -1.29. The Kier molecular flexibility index (Phi) is 8.82. The molecule has 1 aromatic carbocycles. The average Bonchev–Trinajstić information content (AvgIpc) is 2.61. The van der Waals surface area contributed by atoms with Crippen molar-refractivity contribution in [3.05, 3.63) is 29.8 Å². The first-order valence-corrected chi connectivity index (χ1v) is 10.4. The third-order valence-corrected chi connectivity index (χ3v) is 4.04. The molecule has 0 aliphatic heterocycles. The summed E-state index contributed by atoms with van der Waals surface area (Å²) >= 11 is 0. The molecule has 0 radical (unpaired) electrons. The Labute approximate surface area is 185 Å². The molecule has 1 N–H and O–H groups in total. The van der Waals surface area contributed by atoms with Crippen molar-refractivity contribution in [3.8, 4) is 5.75 Å². The van der Waals surface area contributed by atoms with Crippen molar-refractivity contribution < 1.29 is 28.6 Å². The van der Waals surface area contributed by atoms with Gasteiger partial charge in [0.05, 0.1) is 16.4 Å². The minimum absolute atomic E-state index is 0.101. The van der Waals surface area contributed by atoms with Gasteiger partial charge in [-0.05, 0) is 80.5 Å². The second kappa shape index (κ2) is 10.3. The highest BCUT2D eigenvalue weighted by molar-refractivity contribution is 5.90. The number of carbonyl (C=O) groups excluding carboxylic acids is 3. The van der Waals surface area contributed by atoms with Gasteiger partial charge in [0.25, 0.3) is 0 Å². The van der Waals surface area contributed by atoms with Crippen LogP contribution in [0.3, 0.4) is 0 Å². The zero-order valence-electron chi connectivity index (χ0n) is 20.3. The fourth-order valence-corrected chi connectivity index (χ4v) is 2.08. The standard InChI is InChI=1S/C24H37NO6/c1-22(2,3)20(27)30-17-12-10-11-16(13-17)19(26)29-15-18(14-25-24(7,8)9)31-21(28)23(4,5)6/h10-13,18,25H,14-15H2,1-9H3. The first-order valence-electron chi connectivity index (χ1n) is 10.4. The SMILES string of the molecule is CC(C)(C)NCC(COC(=O)c1cccc(OC(=O)C(C)(C)C)c1)OC(=O)C(C)(C)C. The van der Waals surface area contributed by atoms with E-state index in [9.17, 15) is 14.4 Å². The number of hydrogen-bond acceptors (Lipinski definition) is 7. The second-order valence-electron chi connectivity index (χ2n) is 10.7. The smallest absolute Gasteiger partial charge is 0.338 e. The lowest BCUT2D eigenvalue weighted by molar-refractivity contribution is -0.160. The van der Waals surface area contributed by atoms with Gasteiger partial charge in [0, 0.05) is 12.1 Å². The fraction of sp³-hybridized carbons (Fsp3) is 0.625. The van der Waals surface area contributed by atoms with Crippen LogP contribution in [0.25, 0.3) is 0 Å². The number of carbonyl (C=O) groups is 3. The molecule has 1 aromatic rings. The first-order chi connectivity index (χ1) is 14.0. The predicted octanol–water partition coefficient (Wildman–Crippen LogP) is 4.14. The van der Waals surface area contributed by atoms with Gasteiger partial charge in [-0.1, -0.05) is 6.07 Å². The van der Waals surface area contributed by atoms with E-state index in [4.69, 9.17) is 14.2 Å². The highest BCUT2D eigenvalue weighted by Crippen LogP contribution is 2.21. The van der Waals surface area contributed by atoms with E-state index in [0.717, 1.165) is 0 Å². The molecule has 0 saturated carbocycles. The molecule has 0 saturated heterocycles. The lowest BCUT2D eigenvalue weighted by Crippen LogP contribution is -2.45. The quantitative estimate of drug-likeness (QED) is 0.508. The minimum atomic E-state index is -0.671. The average molecular weight is 436 g/mol. The number of rotatable bonds is 7. The molecule has 7 nitrogen and oxygen atoms in total. The third kappa shape index (κ3) is 9.96. The Hall–Kier alpha value is -2.41.